The van der Waals surface area contributed by atoms with Crippen LogP contribution in [-0.2, 0) is 31.9 Å². The van der Waals surface area contributed by atoms with Crippen LogP contribution in [0, 0.1) is 0 Å². The SMILES string of the molecule is O=C(/C=C/c1ccc(O[C@@H]2OC(CO)[C@H](O)C(O)C2O)cc1)Cc1ccc(OCOc2ccc(CC(=O)/C=C/c3ccc(O[C@@H]4OC(CO)[C@H](O)[C@H](O)C4O)cc3)cn2)nc1. The molecular formula is C43H46N2O16. The third-order valence-corrected chi connectivity index (χ3v) is 9.65. The zero-order chi connectivity index (χ0) is 43.5. The van der Waals surface area contributed by atoms with Crippen molar-refractivity contribution in [2.75, 3.05) is 20.0 Å². The lowest BCUT2D eigenvalue weighted by Gasteiger charge is -2.39. The predicted octanol–water partition coefficient (Wildman–Crippen LogP) is -0.101. The Kier molecular flexibility index (Phi) is 15.6. The minimum Gasteiger partial charge on any atom is -0.462 e. The molecule has 2 fully saturated rings. The number of benzene rings is 2. The maximum absolute atomic E-state index is 12.6. The molecule has 2 aromatic carbocycles. The molecule has 0 radical (unpaired) electrons. The van der Waals surface area contributed by atoms with Crippen LogP contribution in [0.2, 0.25) is 0 Å². The Bertz CT molecular complexity index is 1930. The molecule has 5 unspecified atom stereocenters. The van der Waals surface area contributed by atoms with Crippen molar-refractivity contribution in [3.63, 3.8) is 0 Å². The number of pyridine rings is 2. The van der Waals surface area contributed by atoms with Gasteiger partial charge in [0, 0.05) is 37.4 Å². The molecule has 6 rings (SSSR count). The average molecular weight is 847 g/mol. The second-order valence-corrected chi connectivity index (χ2v) is 14.1. The molecule has 8 N–H and O–H groups in total. The summed E-state index contributed by atoms with van der Waals surface area (Å²) in [7, 11) is 0. The van der Waals surface area contributed by atoms with Crippen LogP contribution in [-0.4, -0.2) is 144 Å². The molecule has 4 aromatic rings. The molecule has 4 heterocycles. The number of allylic oxidation sites excluding steroid dienone is 2. The fourth-order valence-electron chi connectivity index (χ4n) is 6.16. The first-order valence-electron chi connectivity index (χ1n) is 19.1. The molecule has 18 heteroatoms. The maximum atomic E-state index is 12.6. The second kappa shape index (κ2) is 21.2. The quantitative estimate of drug-likeness (QED) is 0.0480. The van der Waals surface area contributed by atoms with Crippen molar-refractivity contribution in [2.24, 2.45) is 0 Å². The minimum atomic E-state index is -1.56. The van der Waals surface area contributed by atoms with Gasteiger partial charge in [-0.2, -0.15) is 0 Å². The third-order valence-electron chi connectivity index (χ3n) is 9.65. The molecule has 0 bridgehead atoms. The van der Waals surface area contributed by atoms with E-state index in [-0.39, 0.29) is 43.0 Å². The van der Waals surface area contributed by atoms with Gasteiger partial charge in [0.1, 0.15) is 60.3 Å². The first-order valence-corrected chi connectivity index (χ1v) is 19.1. The van der Waals surface area contributed by atoms with Crippen LogP contribution in [0.5, 0.6) is 23.3 Å². The number of carbonyl (C=O) groups excluding carboxylic acids is 2. The van der Waals surface area contributed by atoms with Gasteiger partial charge in [-0.3, -0.25) is 9.59 Å². The Morgan fingerprint density at radius 1 is 0.541 bits per heavy atom. The second-order valence-electron chi connectivity index (χ2n) is 14.1. The molecule has 18 nitrogen and oxygen atoms in total. The number of ketones is 2. The number of aliphatic hydroxyl groups is 8. The molecular weight excluding hydrogens is 800 g/mol. The largest absolute Gasteiger partial charge is 0.462 e. The van der Waals surface area contributed by atoms with E-state index in [0.717, 1.165) is 0 Å². The van der Waals surface area contributed by atoms with Gasteiger partial charge < -0.3 is 69.3 Å². The summed E-state index contributed by atoms with van der Waals surface area (Å²) in [4.78, 5) is 33.6. The van der Waals surface area contributed by atoms with E-state index < -0.39 is 74.6 Å². The van der Waals surface area contributed by atoms with Gasteiger partial charge >= 0.3 is 0 Å². The van der Waals surface area contributed by atoms with E-state index >= 15 is 0 Å². The van der Waals surface area contributed by atoms with E-state index in [0.29, 0.717) is 33.8 Å². The zero-order valence-electron chi connectivity index (χ0n) is 32.4. The van der Waals surface area contributed by atoms with E-state index in [1.54, 1.807) is 84.9 Å². The highest BCUT2D eigenvalue weighted by atomic mass is 16.7. The summed E-state index contributed by atoms with van der Waals surface area (Å²) in [5.74, 6) is 0.774. The van der Waals surface area contributed by atoms with Crippen molar-refractivity contribution >= 4 is 23.7 Å². The van der Waals surface area contributed by atoms with E-state index in [1.165, 1.54) is 24.5 Å². The summed E-state index contributed by atoms with van der Waals surface area (Å²) in [5, 5.41) is 78.8. The summed E-state index contributed by atoms with van der Waals surface area (Å²) in [6.45, 7) is -1.33. The maximum Gasteiger partial charge on any atom is 0.234 e. The van der Waals surface area contributed by atoms with Gasteiger partial charge in [-0.1, -0.05) is 48.6 Å². The number of aliphatic hydroxyl groups excluding tert-OH is 8. The van der Waals surface area contributed by atoms with Crippen LogP contribution in [0.25, 0.3) is 12.2 Å². The molecule has 0 saturated carbocycles. The molecule has 0 spiro atoms. The van der Waals surface area contributed by atoms with Gasteiger partial charge in [-0.05, 0) is 58.7 Å². The lowest BCUT2D eigenvalue weighted by Crippen LogP contribution is -2.60. The number of rotatable bonds is 18. The molecule has 10 atom stereocenters. The number of hydrogen-bond acceptors (Lipinski definition) is 18. The van der Waals surface area contributed by atoms with Crippen LogP contribution in [0.15, 0.2) is 97.3 Å². The fourth-order valence-corrected chi connectivity index (χ4v) is 6.16. The number of ether oxygens (including phenoxy) is 6. The fraction of sp³-hybridized carbons (Fsp3) is 0.349. The van der Waals surface area contributed by atoms with E-state index in [9.17, 15) is 50.4 Å². The van der Waals surface area contributed by atoms with Gasteiger partial charge in [0.05, 0.1) is 13.2 Å². The number of aromatic nitrogens is 2. The lowest BCUT2D eigenvalue weighted by atomic mass is 9.99. The Hall–Kier alpha value is -5.64. The van der Waals surface area contributed by atoms with Crippen molar-refractivity contribution < 1.29 is 78.9 Å². The first-order chi connectivity index (χ1) is 29.4. The molecule has 2 aliphatic rings. The average Bonchev–Trinajstić information content (AvgIpc) is 3.27. The Morgan fingerprint density at radius 3 is 1.28 bits per heavy atom. The van der Waals surface area contributed by atoms with Gasteiger partial charge in [0.2, 0.25) is 31.1 Å². The lowest BCUT2D eigenvalue weighted by molar-refractivity contribution is -0.277. The van der Waals surface area contributed by atoms with Crippen LogP contribution < -0.4 is 18.9 Å². The molecule has 61 heavy (non-hydrogen) atoms. The minimum absolute atomic E-state index is 0.0901. The standard InChI is InChI=1S/C43H46N2O16/c46-21-32-36(50)38(52)40(54)42(60-32)58-30-11-3-24(4-12-30)1-9-28(48)17-26-7-15-34(44-19-26)56-23-57-35-16-8-27(20-45-35)18-29(49)10-2-25-5-13-31(14-6-25)59-43-41(55)39(53)37(51)33(22-47)61-43/h1-16,19-20,32-33,36-43,46-47,50-55H,17-18,21-23H2/b9-1+,10-2+/t32?,33?,36-,37-,38-,39?,40?,41?,42+,43+/m0/s1. The number of nitrogens with zero attached hydrogens (tertiary/aromatic N) is 2. The third kappa shape index (κ3) is 12.2. The Labute approximate surface area is 349 Å². The highest BCUT2D eigenvalue weighted by molar-refractivity contribution is 5.95. The highest BCUT2D eigenvalue weighted by Gasteiger charge is 2.45. The van der Waals surface area contributed by atoms with E-state index in [4.69, 9.17) is 28.4 Å². The van der Waals surface area contributed by atoms with E-state index in [1.807, 2.05) is 0 Å². The van der Waals surface area contributed by atoms with Crippen LogP contribution in [0.4, 0.5) is 0 Å². The van der Waals surface area contributed by atoms with Crippen LogP contribution >= 0.6 is 0 Å². The topological polar surface area (TPSA) is 277 Å². The van der Waals surface area contributed by atoms with Crippen molar-refractivity contribution in [2.45, 2.75) is 74.3 Å². The highest BCUT2D eigenvalue weighted by Crippen LogP contribution is 2.26. The molecule has 2 aliphatic heterocycles. The van der Waals surface area contributed by atoms with Gasteiger partial charge in [0.25, 0.3) is 0 Å². The Morgan fingerprint density at radius 2 is 0.934 bits per heavy atom. The van der Waals surface area contributed by atoms with Crippen molar-refractivity contribution in [1.29, 1.82) is 0 Å². The molecule has 324 valence electrons. The van der Waals surface area contributed by atoms with E-state index in [2.05, 4.69) is 9.97 Å². The Balaban J connectivity index is 0.879. The summed E-state index contributed by atoms with van der Waals surface area (Å²) in [6.07, 6.45) is -4.65. The van der Waals surface area contributed by atoms with Crippen molar-refractivity contribution in [1.82, 2.24) is 9.97 Å². The normalized spacial score (nSPS) is 26.6. The van der Waals surface area contributed by atoms with Crippen molar-refractivity contribution in [3.8, 4) is 23.3 Å². The zero-order valence-corrected chi connectivity index (χ0v) is 32.4. The van der Waals surface area contributed by atoms with Crippen LogP contribution in [0.3, 0.4) is 0 Å². The molecule has 0 amide bonds. The monoisotopic (exact) mass is 846 g/mol. The molecule has 0 aliphatic carbocycles. The predicted molar refractivity (Wildman–Crippen MR) is 212 cm³/mol. The molecule has 2 saturated heterocycles. The van der Waals surface area contributed by atoms with Gasteiger partial charge in [-0.15, -0.1) is 0 Å². The summed E-state index contributed by atoms with van der Waals surface area (Å²) < 4.78 is 33.0. The number of carbonyl (C=O) groups is 2. The van der Waals surface area contributed by atoms with Crippen molar-refractivity contribution in [3.05, 3.63) is 120 Å². The van der Waals surface area contributed by atoms with Crippen LogP contribution in [0.1, 0.15) is 22.3 Å². The van der Waals surface area contributed by atoms with Gasteiger partial charge in [0.15, 0.2) is 11.6 Å². The number of hydrogen-bond donors (Lipinski definition) is 8. The first kappa shape index (κ1) is 44.9. The van der Waals surface area contributed by atoms with Gasteiger partial charge in [-0.25, -0.2) is 9.97 Å². The summed E-state index contributed by atoms with van der Waals surface area (Å²) >= 11 is 0. The smallest absolute Gasteiger partial charge is 0.234 e. The summed E-state index contributed by atoms with van der Waals surface area (Å²) in [5.41, 5.74) is 2.70. The summed E-state index contributed by atoms with van der Waals surface area (Å²) in [6, 6.07) is 19.6. The molecule has 2 aromatic heterocycles.